The fourth-order valence-corrected chi connectivity index (χ4v) is 1.92. The molecule has 0 heterocycles. The van der Waals surface area contributed by atoms with Gasteiger partial charge in [-0.3, -0.25) is 0 Å². The standard InChI is InChI=1S/C15H25NO/c1-12(2)6-5-9-16-11-14-7-8-15(17-4)13(3)10-14/h7-8,10,12,16H,5-6,9,11H2,1-4H3. The number of benzene rings is 1. The highest BCUT2D eigenvalue weighted by atomic mass is 16.5. The van der Waals surface area contributed by atoms with E-state index in [-0.39, 0.29) is 0 Å². The highest BCUT2D eigenvalue weighted by Crippen LogP contribution is 2.18. The first kappa shape index (κ1) is 14.0. The summed E-state index contributed by atoms with van der Waals surface area (Å²) in [6.07, 6.45) is 2.56. The quantitative estimate of drug-likeness (QED) is 0.730. The number of aryl methyl sites for hydroxylation is 1. The molecule has 0 aromatic heterocycles. The van der Waals surface area contributed by atoms with E-state index in [9.17, 15) is 0 Å². The average molecular weight is 235 g/mol. The molecular weight excluding hydrogens is 210 g/mol. The summed E-state index contributed by atoms with van der Waals surface area (Å²) in [5.41, 5.74) is 2.53. The molecule has 0 fully saturated rings. The van der Waals surface area contributed by atoms with E-state index in [0.29, 0.717) is 0 Å². The van der Waals surface area contributed by atoms with Crippen LogP contribution in [0.2, 0.25) is 0 Å². The van der Waals surface area contributed by atoms with E-state index < -0.39 is 0 Å². The lowest BCUT2D eigenvalue weighted by atomic mass is 10.1. The van der Waals surface area contributed by atoms with Crippen LogP contribution in [0.25, 0.3) is 0 Å². The second-order valence-electron chi connectivity index (χ2n) is 5.02. The Kier molecular flexibility index (Phi) is 6.06. The van der Waals surface area contributed by atoms with Gasteiger partial charge in [-0.2, -0.15) is 0 Å². The van der Waals surface area contributed by atoms with Crippen LogP contribution in [0.15, 0.2) is 18.2 Å². The zero-order chi connectivity index (χ0) is 12.7. The van der Waals surface area contributed by atoms with Crippen molar-refractivity contribution < 1.29 is 4.74 Å². The van der Waals surface area contributed by atoms with Crippen LogP contribution in [0.3, 0.4) is 0 Å². The zero-order valence-electron chi connectivity index (χ0n) is 11.5. The van der Waals surface area contributed by atoms with Crippen LogP contribution in [-0.4, -0.2) is 13.7 Å². The number of nitrogens with one attached hydrogen (secondary N) is 1. The Morgan fingerprint density at radius 2 is 2.06 bits per heavy atom. The summed E-state index contributed by atoms with van der Waals surface area (Å²) >= 11 is 0. The first-order chi connectivity index (χ1) is 8.13. The Morgan fingerprint density at radius 3 is 2.65 bits per heavy atom. The van der Waals surface area contributed by atoms with Crippen molar-refractivity contribution in [3.8, 4) is 5.75 Å². The molecule has 0 saturated carbocycles. The maximum atomic E-state index is 5.25. The number of hydrogen-bond acceptors (Lipinski definition) is 2. The van der Waals surface area contributed by atoms with Crippen molar-refractivity contribution >= 4 is 0 Å². The molecule has 17 heavy (non-hydrogen) atoms. The fraction of sp³-hybridized carbons (Fsp3) is 0.600. The molecule has 0 saturated heterocycles. The van der Waals surface area contributed by atoms with Gasteiger partial charge in [-0.1, -0.05) is 26.0 Å². The van der Waals surface area contributed by atoms with Crippen LogP contribution < -0.4 is 10.1 Å². The highest BCUT2D eigenvalue weighted by molar-refractivity contribution is 5.36. The minimum absolute atomic E-state index is 0.806. The molecule has 0 aliphatic rings. The molecule has 0 unspecified atom stereocenters. The molecule has 1 N–H and O–H groups in total. The van der Waals surface area contributed by atoms with E-state index >= 15 is 0 Å². The van der Waals surface area contributed by atoms with E-state index in [0.717, 1.165) is 24.8 Å². The van der Waals surface area contributed by atoms with Crippen molar-refractivity contribution in [2.24, 2.45) is 5.92 Å². The maximum absolute atomic E-state index is 5.25. The topological polar surface area (TPSA) is 21.3 Å². The van der Waals surface area contributed by atoms with Crippen molar-refractivity contribution in [1.29, 1.82) is 0 Å². The van der Waals surface area contributed by atoms with Crippen LogP contribution in [0.5, 0.6) is 5.75 Å². The van der Waals surface area contributed by atoms with E-state index in [4.69, 9.17) is 4.74 Å². The third kappa shape index (κ3) is 5.22. The van der Waals surface area contributed by atoms with E-state index in [2.05, 4.69) is 38.2 Å². The molecule has 1 rings (SSSR count). The molecule has 0 bridgehead atoms. The second-order valence-corrected chi connectivity index (χ2v) is 5.02. The molecule has 0 aliphatic carbocycles. The van der Waals surface area contributed by atoms with Crippen LogP contribution in [0.1, 0.15) is 37.8 Å². The third-order valence-corrected chi connectivity index (χ3v) is 2.92. The molecule has 96 valence electrons. The van der Waals surface area contributed by atoms with E-state index in [1.807, 2.05) is 6.07 Å². The fourth-order valence-electron chi connectivity index (χ4n) is 1.92. The van der Waals surface area contributed by atoms with Crippen molar-refractivity contribution in [2.75, 3.05) is 13.7 Å². The van der Waals surface area contributed by atoms with Gasteiger partial charge in [-0.15, -0.1) is 0 Å². The minimum atomic E-state index is 0.806. The molecule has 2 nitrogen and oxygen atoms in total. The van der Waals surface area contributed by atoms with Gasteiger partial charge >= 0.3 is 0 Å². The maximum Gasteiger partial charge on any atom is 0.121 e. The molecule has 1 aromatic carbocycles. The predicted octanol–water partition coefficient (Wildman–Crippen LogP) is 3.53. The molecule has 1 aromatic rings. The van der Waals surface area contributed by atoms with Crippen LogP contribution >= 0.6 is 0 Å². The van der Waals surface area contributed by atoms with Crippen molar-refractivity contribution in [3.05, 3.63) is 29.3 Å². The van der Waals surface area contributed by atoms with E-state index in [1.165, 1.54) is 24.0 Å². The SMILES string of the molecule is COc1ccc(CNCCCC(C)C)cc1C. The zero-order valence-corrected chi connectivity index (χ0v) is 11.5. The van der Waals surface area contributed by atoms with Gasteiger partial charge < -0.3 is 10.1 Å². The molecule has 0 amide bonds. The molecule has 2 heteroatoms. The van der Waals surface area contributed by atoms with Gasteiger partial charge in [-0.25, -0.2) is 0 Å². The van der Waals surface area contributed by atoms with Gasteiger partial charge in [0.25, 0.3) is 0 Å². The lowest BCUT2D eigenvalue weighted by molar-refractivity contribution is 0.411. The lowest BCUT2D eigenvalue weighted by Crippen LogP contribution is -2.15. The predicted molar refractivity (Wildman–Crippen MR) is 73.5 cm³/mol. The van der Waals surface area contributed by atoms with Crippen molar-refractivity contribution in [3.63, 3.8) is 0 Å². The summed E-state index contributed by atoms with van der Waals surface area (Å²) in [5, 5.41) is 3.48. The van der Waals surface area contributed by atoms with Gasteiger partial charge in [0.15, 0.2) is 0 Å². The second kappa shape index (κ2) is 7.33. The summed E-state index contributed by atoms with van der Waals surface area (Å²) in [6.45, 7) is 8.67. The molecule has 0 spiro atoms. The molecular formula is C15H25NO. The third-order valence-electron chi connectivity index (χ3n) is 2.92. The Bertz CT molecular complexity index is 334. The Balaban J connectivity index is 2.30. The van der Waals surface area contributed by atoms with Crippen LogP contribution in [0.4, 0.5) is 0 Å². The largest absolute Gasteiger partial charge is 0.496 e. The Hall–Kier alpha value is -1.02. The molecule has 0 atom stereocenters. The van der Waals surface area contributed by atoms with Gasteiger partial charge in [0.05, 0.1) is 7.11 Å². The Morgan fingerprint density at radius 1 is 1.29 bits per heavy atom. The summed E-state index contributed by atoms with van der Waals surface area (Å²) < 4.78 is 5.25. The van der Waals surface area contributed by atoms with E-state index in [1.54, 1.807) is 7.11 Å². The first-order valence-electron chi connectivity index (χ1n) is 6.47. The summed E-state index contributed by atoms with van der Waals surface area (Å²) in [5.74, 6) is 1.77. The first-order valence-corrected chi connectivity index (χ1v) is 6.47. The monoisotopic (exact) mass is 235 g/mol. The van der Waals surface area contributed by atoms with Gasteiger partial charge in [0, 0.05) is 6.54 Å². The minimum Gasteiger partial charge on any atom is -0.496 e. The van der Waals surface area contributed by atoms with Crippen molar-refractivity contribution in [2.45, 2.75) is 40.2 Å². The number of hydrogen-bond donors (Lipinski definition) is 1. The smallest absolute Gasteiger partial charge is 0.121 e. The Labute approximate surface area is 105 Å². The van der Waals surface area contributed by atoms with Crippen LogP contribution in [0, 0.1) is 12.8 Å². The highest BCUT2D eigenvalue weighted by Gasteiger charge is 1.99. The van der Waals surface area contributed by atoms with Crippen LogP contribution in [-0.2, 0) is 6.54 Å². The average Bonchev–Trinajstić information content (AvgIpc) is 2.28. The summed E-state index contributed by atoms with van der Waals surface area (Å²) in [4.78, 5) is 0. The summed E-state index contributed by atoms with van der Waals surface area (Å²) in [7, 11) is 1.71. The van der Waals surface area contributed by atoms with Gasteiger partial charge in [0.1, 0.15) is 5.75 Å². The number of ether oxygens (including phenoxy) is 1. The lowest BCUT2D eigenvalue weighted by Gasteiger charge is -2.09. The van der Waals surface area contributed by atoms with Crippen molar-refractivity contribution in [1.82, 2.24) is 5.32 Å². The van der Waals surface area contributed by atoms with Gasteiger partial charge in [-0.05, 0) is 49.4 Å². The normalized spacial score (nSPS) is 10.9. The molecule has 0 radical (unpaired) electrons. The number of methoxy groups -OCH3 is 1. The molecule has 0 aliphatic heterocycles. The van der Waals surface area contributed by atoms with Gasteiger partial charge in [0.2, 0.25) is 0 Å². The number of rotatable bonds is 7. The summed E-state index contributed by atoms with van der Waals surface area (Å²) in [6, 6.07) is 6.36.